The molecule has 0 aromatic carbocycles. The number of ether oxygens (including phenoxy) is 1. The molecule has 0 atom stereocenters. The average molecular weight is 233 g/mol. The minimum absolute atomic E-state index is 0.360. The molecule has 0 fully saturated rings. The van der Waals surface area contributed by atoms with E-state index in [-0.39, 0.29) is 0 Å². The van der Waals surface area contributed by atoms with Crippen LogP contribution in [0.25, 0.3) is 0 Å². The standard InChI is InChI=1S/C12H15N3O2/c1-9-6-12(17-15-9)8-16-11-3-2-10(4-5-13)14-7-11/h2-3,6-7H,4-5,8,13H2,1H3. The van der Waals surface area contributed by atoms with Crippen LogP contribution in [-0.4, -0.2) is 16.7 Å². The summed E-state index contributed by atoms with van der Waals surface area (Å²) >= 11 is 0. The molecule has 2 N–H and O–H groups in total. The third-order valence-corrected chi connectivity index (χ3v) is 2.26. The number of pyridine rings is 1. The molecule has 17 heavy (non-hydrogen) atoms. The lowest BCUT2D eigenvalue weighted by atomic mass is 10.3. The highest BCUT2D eigenvalue weighted by Gasteiger charge is 2.02. The van der Waals surface area contributed by atoms with Crippen LogP contribution in [0.1, 0.15) is 17.1 Å². The van der Waals surface area contributed by atoms with E-state index in [0.29, 0.717) is 24.7 Å². The fourth-order valence-corrected chi connectivity index (χ4v) is 1.43. The fourth-order valence-electron chi connectivity index (χ4n) is 1.43. The predicted octanol–water partition coefficient (Wildman–Crippen LogP) is 1.46. The molecule has 0 saturated heterocycles. The van der Waals surface area contributed by atoms with Crippen LogP contribution in [0.5, 0.6) is 5.75 Å². The highest BCUT2D eigenvalue weighted by atomic mass is 16.5. The van der Waals surface area contributed by atoms with Gasteiger partial charge in [-0.15, -0.1) is 0 Å². The molecule has 2 aromatic heterocycles. The van der Waals surface area contributed by atoms with Gasteiger partial charge in [0.15, 0.2) is 5.76 Å². The van der Waals surface area contributed by atoms with Crippen LogP contribution < -0.4 is 10.5 Å². The molecule has 0 spiro atoms. The number of hydrogen-bond donors (Lipinski definition) is 1. The summed E-state index contributed by atoms with van der Waals surface area (Å²) in [6, 6.07) is 5.63. The van der Waals surface area contributed by atoms with E-state index in [1.165, 1.54) is 0 Å². The first kappa shape index (κ1) is 11.6. The van der Waals surface area contributed by atoms with E-state index in [1.807, 2.05) is 25.1 Å². The van der Waals surface area contributed by atoms with Crippen LogP contribution in [-0.2, 0) is 13.0 Å². The summed E-state index contributed by atoms with van der Waals surface area (Å²) < 4.78 is 10.5. The van der Waals surface area contributed by atoms with Crippen molar-refractivity contribution in [1.82, 2.24) is 10.1 Å². The van der Waals surface area contributed by atoms with E-state index in [1.54, 1.807) is 6.20 Å². The number of nitrogens with zero attached hydrogens (tertiary/aromatic N) is 2. The van der Waals surface area contributed by atoms with Gasteiger partial charge in [0.1, 0.15) is 12.4 Å². The Balaban J connectivity index is 1.90. The molecule has 90 valence electrons. The molecule has 0 aliphatic heterocycles. The van der Waals surface area contributed by atoms with Gasteiger partial charge in [-0.2, -0.15) is 0 Å². The van der Waals surface area contributed by atoms with E-state index in [9.17, 15) is 0 Å². The zero-order chi connectivity index (χ0) is 12.1. The summed E-state index contributed by atoms with van der Waals surface area (Å²) in [4.78, 5) is 4.23. The molecular weight excluding hydrogens is 218 g/mol. The number of hydrogen-bond acceptors (Lipinski definition) is 5. The Labute approximate surface area is 99.6 Å². The maximum Gasteiger partial charge on any atom is 0.174 e. The highest BCUT2D eigenvalue weighted by molar-refractivity contribution is 5.20. The smallest absolute Gasteiger partial charge is 0.174 e. The molecule has 0 saturated carbocycles. The summed E-state index contributed by atoms with van der Waals surface area (Å²) in [5.74, 6) is 1.41. The topological polar surface area (TPSA) is 74.2 Å². The van der Waals surface area contributed by atoms with Gasteiger partial charge < -0.3 is 15.0 Å². The van der Waals surface area contributed by atoms with Crippen molar-refractivity contribution < 1.29 is 9.26 Å². The van der Waals surface area contributed by atoms with Crippen molar-refractivity contribution in [1.29, 1.82) is 0 Å². The lowest BCUT2D eigenvalue weighted by Crippen LogP contribution is -2.04. The monoisotopic (exact) mass is 233 g/mol. The molecule has 2 aromatic rings. The molecule has 0 radical (unpaired) electrons. The Kier molecular flexibility index (Phi) is 3.72. The van der Waals surface area contributed by atoms with Crippen LogP contribution in [0.15, 0.2) is 28.9 Å². The summed E-state index contributed by atoms with van der Waals surface area (Å²) in [6.07, 6.45) is 2.47. The van der Waals surface area contributed by atoms with Gasteiger partial charge in [-0.05, 0) is 25.6 Å². The first-order valence-electron chi connectivity index (χ1n) is 5.48. The Bertz CT molecular complexity index is 465. The van der Waals surface area contributed by atoms with Crippen molar-refractivity contribution in [2.24, 2.45) is 5.73 Å². The van der Waals surface area contributed by atoms with Crippen LogP contribution in [0.2, 0.25) is 0 Å². The van der Waals surface area contributed by atoms with Crippen molar-refractivity contribution in [3.8, 4) is 5.75 Å². The minimum atomic E-state index is 0.360. The second-order valence-corrected chi connectivity index (χ2v) is 3.75. The number of aromatic nitrogens is 2. The Morgan fingerprint density at radius 2 is 2.29 bits per heavy atom. The fraction of sp³-hybridized carbons (Fsp3) is 0.333. The molecule has 5 heteroatoms. The SMILES string of the molecule is Cc1cc(COc2ccc(CCN)nc2)on1. The molecule has 0 bridgehead atoms. The molecule has 2 heterocycles. The van der Waals surface area contributed by atoms with Gasteiger partial charge in [0, 0.05) is 18.2 Å². The first-order valence-corrected chi connectivity index (χ1v) is 5.48. The largest absolute Gasteiger partial charge is 0.484 e. The molecular formula is C12H15N3O2. The van der Waals surface area contributed by atoms with Gasteiger partial charge in [-0.25, -0.2) is 0 Å². The second-order valence-electron chi connectivity index (χ2n) is 3.75. The number of rotatable bonds is 5. The van der Waals surface area contributed by atoms with Crippen molar-refractivity contribution in [2.45, 2.75) is 20.0 Å². The van der Waals surface area contributed by atoms with E-state index >= 15 is 0 Å². The molecule has 0 aliphatic carbocycles. The maximum absolute atomic E-state index is 5.51. The average Bonchev–Trinajstić information content (AvgIpc) is 2.75. The van der Waals surface area contributed by atoms with Gasteiger partial charge in [-0.3, -0.25) is 4.98 Å². The molecule has 2 rings (SSSR count). The molecule has 5 nitrogen and oxygen atoms in total. The summed E-state index contributed by atoms with van der Waals surface area (Å²) in [5.41, 5.74) is 7.26. The van der Waals surface area contributed by atoms with Gasteiger partial charge in [0.25, 0.3) is 0 Å². The van der Waals surface area contributed by atoms with Crippen LogP contribution in [0.3, 0.4) is 0 Å². The third kappa shape index (κ3) is 3.29. The summed E-state index contributed by atoms with van der Waals surface area (Å²) in [5, 5.41) is 3.78. The maximum atomic E-state index is 5.51. The van der Waals surface area contributed by atoms with E-state index in [4.69, 9.17) is 15.0 Å². The van der Waals surface area contributed by atoms with Crippen molar-refractivity contribution in [2.75, 3.05) is 6.54 Å². The van der Waals surface area contributed by atoms with Gasteiger partial charge in [-0.1, -0.05) is 5.16 Å². The summed E-state index contributed by atoms with van der Waals surface area (Å²) in [6.45, 7) is 2.83. The zero-order valence-electron chi connectivity index (χ0n) is 9.72. The zero-order valence-corrected chi connectivity index (χ0v) is 9.72. The second kappa shape index (κ2) is 5.45. The van der Waals surface area contributed by atoms with Gasteiger partial charge >= 0.3 is 0 Å². The molecule has 0 amide bonds. The number of nitrogens with two attached hydrogens (primary N) is 1. The van der Waals surface area contributed by atoms with E-state index < -0.39 is 0 Å². The molecule has 0 unspecified atom stereocenters. The Morgan fingerprint density at radius 1 is 1.41 bits per heavy atom. The minimum Gasteiger partial charge on any atom is -0.484 e. The molecule has 0 aliphatic rings. The predicted molar refractivity (Wildman–Crippen MR) is 62.6 cm³/mol. The van der Waals surface area contributed by atoms with Crippen molar-refractivity contribution in [3.05, 3.63) is 41.5 Å². The number of aryl methyl sites for hydroxylation is 1. The Hall–Kier alpha value is -1.88. The third-order valence-electron chi connectivity index (χ3n) is 2.26. The lowest BCUT2D eigenvalue weighted by Gasteiger charge is -2.04. The normalized spacial score (nSPS) is 10.5. The lowest BCUT2D eigenvalue weighted by molar-refractivity contribution is 0.248. The van der Waals surface area contributed by atoms with Crippen LogP contribution in [0.4, 0.5) is 0 Å². The van der Waals surface area contributed by atoms with E-state index in [2.05, 4.69) is 10.1 Å². The van der Waals surface area contributed by atoms with Gasteiger partial charge in [0.2, 0.25) is 0 Å². The van der Waals surface area contributed by atoms with E-state index in [0.717, 1.165) is 17.8 Å². The Morgan fingerprint density at radius 3 is 2.88 bits per heavy atom. The highest BCUT2D eigenvalue weighted by Crippen LogP contribution is 2.12. The van der Waals surface area contributed by atoms with Crippen LogP contribution >= 0.6 is 0 Å². The van der Waals surface area contributed by atoms with Crippen molar-refractivity contribution in [3.63, 3.8) is 0 Å². The first-order chi connectivity index (χ1) is 8.28. The quantitative estimate of drug-likeness (QED) is 0.846. The summed E-state index contributed by atoms with van der Waals surface area (Å²) in [7, 11) is 0. The van der Waals surface area contributed by atoms with Gasteiger partial charge in [0.05, 0.1) is 11.9 Å². The van der Waals surface area contributed by atoms with Crippen LogP contribution in [0, 0.1) is 6.92 Å². The van der Waals surface area contributed by atoms with Crippen molar-refractivity contribution >= 4 is 0 Å².